The predicted molar refractivity (Wildman–Crippen MR) is 72.6 cm³/mol. The third kappa shape index (κ3) is 2.77. The third-order valence-corrected chi connectivity index (χ3v) is 5.71. The van der Waals surface area contributed by atoms with Crippen LogP contribution in [-0.4, -0.2) is 49.6 Å². The first kappa shape index (κ1) is 15.5. The number of sulfonamides is 1. The molecule has 9 heteroatoms. The lowest BCUT2D eigenvalue weighted by Gasteiger charge is -2.32. The molecule has 0 amide bonds. The van der Waals surface area contributed by atoms with Gasteiger partial charge in [0.25, 0.3) is 0 Å². The minimum atomic E-state index is -4.11. The molecule has 1 saturated heterocycles. The molecule has 0 spiro atoms. The van der Waals surface area contributed by atoms with Gasteiger partial charge in [0.05, 0.1) is 23.3 Å². The number of rotatable bonds is 3. The Labute approximate surface area is 125 Å². The molecule has 1 aromatic carbocycles. The molecule has 1 fully saturated rings. The van der Waals surface area contributed by atoms with E-state index in [0.29, 0.717) is 0 Å². The fourth-order valence-electron chi connectivity index (χ4n) is 1.92. The Morgan fingerprint density at radius 1 is 1.35 bits per heavy atom. The van der Waals surface area contributed by atoms with E-state index in [4.69, 9.17) is 33.0 Å². The summed E-state index contributed by atoms with van der Waals surface area (Å²) in [4.78, 5) is 10.9. The number of morpholine rings is 1. The molecular weight excluding hydrogens is 329 g/mol. The lowest BCUT2D eigenvalue weighted by atomic mass is 10.3. The number of nitrogens with zero attached hydrogens (tertiary/aromatic N) is 1. The SMILES string of the molecule is O=C(O)C1COCCN1S(=O)(=O)c1c(Cl)cccc1Cl. The van der Waals surface area contributed by atoms with Crippen LogP contribution in [0.5, 0.6) is 0 Å². The average Bonchev–Trinajstić information content (AvgIpc) is 2.38. The minimum Gasteiger partial charge on any atom is -0.480 e. The van der Waals surface area contributed by atoms with E-state index in [-0.39, 0.29) is 34.7 Å². The maximum Gasteiger partial charge on any atom is 0.324 e. The van der Waals surface area contributed by atoms with Crippen LogP contribution >= 0.6 is 23.2 Å². The first-order valence-corrected chi connectivity index (χ1v) is 7.81. The molecule has 1 N–H and O–H groups in total. The fourth-order valence-corrected chi connectivity index (χ4v) is 4.56. The average molecular weight is 340 g/mol. The molecule has 0 aromatic heterocycles. The van der Waals surface area contributed by atoms with Crippen LogP contribution in [0.25, 0.3) is 0 Å². The second-order valence-electron chi connectivity index (χ2n) is 4.10. The zero-order chi connectivity index (χ0) is 14.9. The molecule has 1 aliphatic rings. The van der Waals surface area contributed by atoms with E-state index in [2.05, 4.69) is 0 Å². The smallest absolute Gasteiger partial charge is 0.324 e. The maximum absolute atomic E-state index is 12.6. The largest absolute Gasteiger partial charge is 0.480 e. The lowest BCUT2D eigenvalue weighted by Crippen LogP contribution is -2.52. The Morgan fingerprint density at radius 3 is 2.50 bits per heavy atom. The van der Waals surface area contributed by atoms with E-state index in [1.807, 2.05) is 0 Å². The van der Waals surface area contributed by atoms with Crippen molar-refractivity contribution in [3.05, 3.63) is 28.2 Å². The van der Waals surface area contributed by atoms with Crippen LogP contribution in [-0.2, 0) is 19.6 Å². The van der Waals surface area contributed by atoms with Crippen molar-refractivity contribution in [2.75, 3.05) is 19.8 Å². The van der Waals surface area contributed by atoms with Crippen LogP contribution < -0.4 is 0 Å². The van der Waals surface area contributed by atoms with Crippen LogP contribution in [0.1, 0.15) is 0 Å². The van der Waals surface area contributed by atoms with Crippen molar-refractivity contribution >= 4 is 39.2 Å². The number of benzene rings is 1. The summed E-state index contributed by atoms with van der Waals surface area (Å²) in [6.45, 7) is -0.164. The zero-order valence-corrected chi connectivity index (χ0v) is 12.5. The summed E-state index contributed by atoms with van der Waals surface area (Å²) in [5.74, 6) is -1.28. The summed E-state index contributed by atoms with van der Waals surface area (Å²) in [5, 5.41) is 9.01. The highest BCUT2D eigenvalue weighted by Crippen LogP contribution is 2.32. The van der Waals surface area contributed by atoms with Crippen LogP contribution in [0.4, 0.5) is 0 Å². The number of carboxylic acids is 1. The third-order valence-electron chi connectivity index (χ3n) is 2.85. The number of carboxylic acid groups (broad SMARTS) is 1. The highest BCUT2D eigenvalue weighted by atomic mass is 35.5. The Kier molecular flexibility index (Phi) is 4.55. The molecule has 2 rings (SSSR count). The highest BCUT2D eigenvalue weighted by molar-refractivity contribution is 7.89. The monoisotopic (exact) mass is 339 g/mol. The molecule has 1 unspecified atom stereocenters. The Balaban J connectivity index is 2.51. The van der Waals surface area contributed by atoms with Gasteiger partial charge in [0.1, 0.15) is 10.9 Å². The second-order valence-corrected chi connectivity index (χ2v) is 6.74. The van der Waals surface area contributed by atoms with Crippen LogP contribution in [0.3, 0.4) is 0 Å². The van der Waals surface area contributed by atoms with Crippen LogP contribution in [0.15, 0.2) is 23.1 Å². The van der Waals surface area contributed by atoms with E-state index in [1.54, 1.807) is 0 Å². The summed E-state index contributed by atoms with van der Waals surface area (Å²) in [6.07, 6.45) is 0. The second kappa shape index (κ2) is 5.87. The van der Waals surface area contributed by atoms with Crippen LogP contribution in [0.2, 0.25) is 10.0 Å². The number of aliphatic carboxylic acids is 1. The molecule has 0 bridgehead atoms. The van der Waals surface area contributed by atoms with Crippen molar-refractivity contribution in [1.29, 1.82) is 0 Å². The van der Waals surface area contributed by atoms with Crippen molar-refractivity contribution in [3.8, 4) is 0 Å². The molecule has 6 nitrogen and oxygen atoms in total. The maximum atomic E-state index is 12.6. The molecule has 1 aromatic rings. The van der Waals surface area contributed by atoms with Gasteiger partial charge in [-0.05, 0) is 12.1 Å². The first-order chi connectivity index (χ1) is 9.35. The minimum absolute atomic E-state index is 0.0480. The van der Waals surface area contributed by atoms with Gasteiger partial charge in [-0.25, -0.2) is 8.42 Å². The van der Waals surface area contributed by atoms with E-state index < -0.39 is 22.0 Å². The molecule has 110 valence electrons. The molecular formula is C11H11Cl2NO5S. The Morgan fingerprint density at radius 2 is 1.95 bits per heavy atom. The van der Waals surface area contributed by atoms with Gasteiger partial charge in [-0.15, -0.1) is 0 Å². The Bertz CT molecular complexity index is 613. The number of hydrogen-bond acceptors (Lipinski definition) is 4. The van der Waals surface area contributed by atoms with Gasteiger partial charge in [0.15, 0.2) is 0 Å². The topological polar surface area (TPSA) is 83.9 Å². The van der Waals surface area contributed by atoms with Gasteiger partial charge in [-0.2, -0.15) is 4.31 Å². The van der Waals surface area contributed by atoms with Gasteiger partial charge in [-0.1, -0.05) is 29.3 Å². The van der Waals surface area contributed by atoms with Crippen molar-refractivity contribution in [2.45, 2.75) is 10.9 Å². The van der Waals surface area contributed by atoms with E-state index in [1.165, 1.54) is 18.2 Å². The molecule has 1 atom stereocenters. The van der Waals surface area contributed by atoms with E-state index in [9.17, 15) is 13.2 Å². The number of carbonyl (C=O) groups is 1. The first-order valence-electron chi connectivity index (χ1n) is 5.62. The van der Waals surface area contributed by atoms with Crippen LogP contribution in [0, 0.1) is 0 Å². The molecule has 1 heterocycles. The Hall–Kier alpha value is -0.860. The standard InChI is InChI=1S/C11H11Cl2NO5S/c12-7-2-1-3-8(13)10(7)20(17,18)14-4-5-19-6-9(14)11(15)16/h1-3,9H,4-6H2,(H,15,16). The van der Waals surface area contributed by atoms with Crippen molar-refractivity contribution in [1.82, 2.24) is 4.31 Å². The van der Waals surface area contributed by atoms with E-state index in [0.717, 1.165) is 4.31 Å². The zero-order valence-electron chi connectivity index (χ0n) is 10.1. The molecule has 0 radical (unpaired) electrons. The molecule has 0 aliphatic carbocycles. The van der Waals surface area contributed by atoms with Crippen molar-refractivity contribution in [3.63, 3.8) is 0 Å². The summed E-state index contributed by atoms with van der Waals surface area (Å²) in [5.41, 5.74) is 0. The van der Waals surface area contributed by atoms with Gasteiger partial charge in [0, 0.05) is 6.54 Å². The summed E-state index contributed by atoms with van der Waals surface area (Å²) in [7, 11) is -4.11. The normalized spacial score (nSPS) is 20.8. The lowest BCUT2D eigenvalue weighted by molar-refractivity contribution is -0.146. The van der Waals surface area contributed by atoms with Crippen molar-refractivity contribution < 1.29 is 23.1 Å². The fraction of sp³-hybridized carbons (Fsp3) is 0.364. The number of halogens is 2. The number of hydrogen-bond donors (Lipinski definition) is 1. The van der Waals surface area contributed by atoms with Gasteiger partial charge in [-0.3, -0.25) is 4.79 Å². The quantitative estimate of drug-likeness (QED) is 0.901. The van der Waals surface area contributed by atoms with Crippen molar-refractivity contribution in [2.24, 2.45) is 0 Å². The summed E-state index contributed by atoms with van der Waals surface area (Å²) in [6, 6.07) is 2.99. The molecule has 0 saturated carbocycles. The molecule has 20 heavy (non-hydrogen) atoms. The highest BCUT2D eigenvalue weighted by Gasteiger charge is 2.40. The summed E-state index contributed by atoms with van der Waals surface area (Å²) < 4.78 is 31.0. The predicted octanol–water partition coefficient (Wildman–Crippen LogP) is 1.47. The summed E-state index contributed by atoms with van der Waals surface area (Å²) >= 11 is 11.8. The number of ether oxygens (including phenoxy) is 1. The van der Waals surface area contributed by atoms with Gasteiger partial charge < -0.3 is 9.84 Å². The molecule has 1 aliphatic heterocycles. The van der Waals surface area contributed by atoms with E-state index >= 15 is 0 Å². The van der Waals surface area contributed by atoms with Gasteiger partial charge >= 0.3 is 5.97 Å². The van der Waals surface area contributed by atoms with Gasteiger partial charge in [0.2, 0.25) is 10.0 Å².